The number of nitrogens with zero attached hydrogens (tertiary/aromatic N) is 4. The standard InChI is InChI=1S/C19H19N5OS2/c1-12-13(2)24(10-15-7-5-4-6-8-15)18(16(12)9-20)21-17(25)11-26-19-23-22-14(3)27-19/h4-8H,10-11H2,1-3H3,(H,21,25). The van der Waals surface area contributed by atoms with Crippen LogP contribution in [-0.2, 0) is 11.3 Å². The number of nitriles is 1. The third-order valence-electron chi connectivity index (χ3n) is 4.22. The van der Waals surface area contributed by atoms with E-state index in [1.54, 1.807) is 0 Å². The number of carbonyl (C=O) groups is 1. The highest BCUT2D eigenvalue weighted by molar-refractivity contribution is 8.01. The van der Waals surface area contributed by atoms with Gasteiger partial charge in [0.25, 0.3) is 0 Å². The van der Waals surface area contributed by atoms with Gasteiger partial charge >= 0.3 is 0 Å². The van der Waals surface area contributed by atoms with Crippen molar-refractivity contribution in [1.29, 1.82) is 5.26 Å². The number of rotatable bonds is 6. The SMILES string of the molecule is Cc1nnc(SCC(=O)Nc2c(C#N)c(C)c(C)n2Cc2ccccc2)s1. The smallest absolute Gasteiger partial charge is 0.235 e. The molecular formula is C19H19N5OS2. The zero-order valence-electron chi connectivity index (χ0n) is 15.3. The normalized spacial score (nSPS) is 10.6. The molecule has 138 valence electrons. The van der Waals surface area contributed by atoms with Crippen LogP contribution in [0.5, 0.6) is 0 Å². The van der Waals surface area contributed by atoms with Crippen LogP contribution in [-0.4, -0.2) is 26.4 Å². The molecule has 27 heavy (non-hydrogen) atoms. The van der Waals surface area contributed by atoms with Gasteiger partial charge in [-0.15, -0.1) is 10.2 Å². The van der Waals surface area contributed by atoms with Gasteiger partial charge in [-0.1, -0.05) is 53.4 Å². The number of carbonyl (C=O) groups excluding carboxylic acids is 1. The molecule has 3 aromatic rings. The van der Waals surface area contributed by atoms with Gasteiger partial charge in [0.05, 0.1) is 11.3 Å². The van der Waals surface area contributed by atoms with Crippen LogP contribution >= 0.6 is 23.1 Å². The molecule has 0 aliphatic carbocycles. The molecule has 0 bridgehead atoms. The van der Waals surface area contributed by atoms with Crippen molar-refractivity contribution in [3.05, 3.63) is 57.7 Å². The minimum atomic E-state index is -0.170. The van der Waals surface area contributed by atoms with E-state index < -0.39 is 0 Å². The van der Waals surface area contributed by atoms with Crippen LogP contribution in [0.3, 0.4) is 0 Å². The van der Waals surface area contributed by atoms with E-state index in [1.165, 1.54) is 23.1 Å². The third kappa shape index (κ3) is 4.38. The van der Waals surface area contributed by atoms with Crippen LogP contribution in [0.1, 0.15) is 27.4 Å². The summed E-state index contributed by atoms with van der Waals surface area (Å²) in [5.74, 6) is 0.597. The highest BCUT2D eigenvalue weighted by atomic mass is 32.2. The van der Waals surface area contributed by atoms with E-state index >= 15 is 0 Å². The number of thioether (sulfide) groups is 1. The molecule has 0 radical (unpaired) electrons. The van der Waals surface area contributed by atoms with Crippen molar-refractivity contribution in [3.63, 3.8) is 0 Å². The predicted molar refractivity (Wildman–Crippen MR) is 108 cm³/mol. The van der Waals surface area contributed by atoms with Gasteiger partial charge in [0.15, 0.2) is 4.34 Å². The Morgan fingerprint density at radius 3 is 2.63 bits per heavy atom. The Labute approximate surface area is 166 Å². The van der Waals surface area contributed by atoms with Crippen LogP contribution < -0.4 is 5.32 Å². The largest absolute Gasteiger partial charge is 0.326 e. The maximum Gasteiger partial charge on any atom is 0.235 e. The van der Waals surface area contributed by atoms with Gasteiger partial charge in [-0.05, 0) is 31.9 Å². The van der Waals surface area contributed by atoms with Gasteiger partial charge in [-0.25, -0.2) is 0 Å². The van der Waals surface area contributed by atoms with E-state index in [-0.39, 0.29) is 11.7 Å². The van der Waals surface area contributed by atoms with Crippen LogP contribution in [0, 0.1) is 32.1 Å². The fourth-order valence-corrected chi connectivity index (χ4v) is 4.34. The third-order valence-corrected chi connectivity index (χ3v) is 6.19. The van der Waals surface area contributed by atoms with Crippen molar-refractivity contribution in [2.24, 2.45) is 0 Å². The Balaban J connectivity index is 1.81. The van der Waals surface area contributed by atoms with Crippen molar-refractivity contribution in [2.45, 2.75) is 31.7 Å². The van der Waals surface area contributed by atoms with E-state index in [2.05, 4.69) is 21.6 Å². The zero-order valence-corrected chi connectivity index (χ0v) is 16.9. The van der Waals surface area contributed by atoms with E-state index in [9.17, 15) is 10.1 Å². The Kier molecular flexibility index (Phi) is 5.94. The second-order valence-corrected chi connectivity index (χ2v) is 8.45. The van der Waals surface area contributed by atoms with Crippen LogP contribution in [0.15, 0.2) is 34.7 Å². The number of aromatic nitrogens is 3. The number of amides is 1. The van der Waals surface area contributed by atoms with Gasteiger partial charge in [0.1, 0.15) is 16.9 Å². The average Bonchev–Trinajstić information content (AvgIpc) is 3.18. The molecule has 1 amide bonds. The van der Waals surface area contributed by atoms with Crippen LogP contribution in [0.2, 0.25) is 0 Å². The van der Waals surface area contributed by atoms with Gasteiger partial charge in [-0.2, -0.15) is 5.26 Å². The molecule has 8 heteroatoms. The first-order valence-electron chi connectivity index (χ1n) is 8.36. The van der Waals surface area contributed by atoms with Crippen LogP contribution in [0.4, 0.5) is 5.82 Å². The molecule has 0 fully saturated rings. The molecule has 2 heterocycles. The minimum Gasteiger partial charge on any atom is -0.326 e. The first kappa shape index (κ1) is 19.1. The lowest BCUT2D eigenvalue weighted by Gasteiger charge is -2.13. The lowest BCUT2D eigenvalue weighted by atomic mass is 10.2. The van der Waals surface area contributed by atoms with E-state index in [0.717, 1.165) is 26.2 Å². The molecule has 6 nitrogen and oxygen atoms in total. The summed E-state index contributed by atoms with van der Waals surface area (Å²) in [5, 5.41) is 21.3. The highest BCUT2D eigenvalue weighted by Crippen LogP contribution is 2.28. The van der Waals surface area contributed by atoms with E-state index in [0.29, 0.717) is 17.9 Å². The van der Waals surface area contributed by atoms with Gasteiger partial charge in [0, 0.05) is 12.2 Å². The molecule has 0 spiro atoms. The monoisotopic (exact) mass is 397 g/mol. The van der Waals surface area contributed by atoms with Gasteiger partial charge in [-0.3, -0.25) is 4.79 Å². The van der Waals surface area contributed by atoms with Crippen molar-refractivity contribution in [3.8, 4) is 6.07 Å². The fraction of sp³-hybridized carbons (Fsp3) is 0.263. The number of hydrogen-bond acceptors (Lipinski definition) is 6. The maximum absolute atomic E-state index is 12.5. The first-order valence-corrected chi connectivity index (χ1v) is 10.2. The Morgan fingerprint density at radius 1 is 1.26 bits per heavy atom. The number of aryl methyl sites for hydroxylation is 1. The fourth-order valence-electron chi connectivity index (χ4n) is 2.73. The van der Waals surface area contributed by atoms with E-state index in [1.807, 2.05) is 55.7 Å². The topological polar surface area (TPSA) is 83.6 Å². The molecule has 0 atom stereocenters. The molecule has 0 saturated carbocycles. The Morgan fingerprint density at radius 2 is 2.00 bits per heavy atom. The summed E-state index contributed by atoms with van der Waals surface area (Å²) in [6.45, 7) is 6.34. The second-order valence-electron chi connectivity index (χ2n) is 6.04. The molecular weight excluding hydrogens is 378 g/mol. The summed E-state index contributed by atoms with van der Waals surface area (Å²) in [7, 11) is 0. The predicted octanol–water partition coefficient (Wildman–Crippen LogP) is 3.92. The van der Waals surface area contributed by atoms with Gasteiger partial charge < -0.3 is 9.88 Å². The molecule has 0 saturated heterocycles. The molecule has 0 aliphatic heterocycles. The van der Waals surface area contributed by atoms with Crippen molar-refractivity contribution in [2.75, 3.05) is 11.1 Å². The first-order chi connectivity index (χ1) is 13.0. The Hall–Kier alpha value is -2.63. The number of nitrogens with one attached hydrogen (secondary N) is 1. The van der Waals surface area contributed by atoms with Crippen molar-refractivity contribution >= 4 is 34.8 Å². The van der Waals surface area contributed by atoms with Gasteiger partial charge in [0.2, 0.25) is 5.91 Å². The van der Waals surface area contributed by atoms with Crippen molar-refractivity contribution < 1.29 is 4.79 Å². The summed E-state index contributed by atoms with van der Waals surface area (Å²) in [6.07, 6.45) is 0. The lowest BCUT2D eigenvalue weighted by Crippen LogP contribution is -2.18. The summed E-state index contributed by atoms with van der Waals surface area (Å²) >= 11 is 2.80. The summed E-state index contributed by atoms with van der Waals surface area (Å²) in [4.78, 5) is 12.5. The summed E-state index contributed by atoms with van der Waals surface area (Å²) < 4.78 is 2.75. The highest BCUT2D eigenvalue weighted by Gasteiger charge is 2.20. The molecule has 0 aliphatic rings. The molecule has 1 aromatic carbocycles. The Bertz CT molecular complexity index is 1000. The molecule has 3 rings (SSSR count). The molecule has 1 N–H and O–H groups in total. The molecule has 0 unspecified atom stereocenters. The van der Waals surface area contributed by atoms with E-state index in [4.69, 9.17) is 0 Å². The quantitative estimate of drug-likeness (QED) is 0.638. The maximum atomic E-state index is 12.5. The number of benzene rings is 1. The summed E-state index contributed by atoms with van der Waals surface area (Å²) in [6, 6.07) is 12.2. The second kappa shape index (κ2) is 8.37. The minimum absolute atomic E-state index is 0.170. The molecule has 2 aromatic heterocycles. The zero-order chi connectivity index (χ0) is 19.4. The van der Waals surface area contributed by atoms with Crippen molar-refractivity contribution in [1.82, 2.24) is 14.8 Å². The van der Waals surface area contributed by atoms with Crippen LogP contribution in [0.25, 0.3) is 0 Å². The number of hydrogen-bond donors (Lipinski definition) is 1. The number of anilines is 1. The lowest BCUT2D eigenvalue weighted by molar-refractivity contribution is -0.113. The summed E-state index contributed by atoms with van der Waals surface area (Å²) in [5.41, 5.74) is 3.47. The average molecular weight is 398 g/mol.